The van der Waals surface area contributed by atoms with Crippen LogP contribution in [0.3, 0.4) is 0 Å². The Morgan fingerprint density at radius 2 is 1.71 bits per heavy atom. The number of benzene rings is 1. The molecular formula is C17H24N2O2. The monoisotopic (exact) mass is 288 g/mol. The SMILES string of the molecule is CNC(CN1C(=O)C(C)C(C)C1=O)c1cc(C)ccc1C. The molecule has 0 aromatic heterocycles. The Morgan fingerprint density at radius 1 is 1.14 bits per heavy atom. The first-order valence-electron chi connectivity index (χ1n) is 7.46. The van der Waals surface area contributed by atoms with Crippen molar-refractivity contribution in [2.75, 3.05) is 13.6 Å². The van der Waals surface area contributed by atoms with E-state index in [1.165, 1.54) is 16.0 Å². The maximum Gasteiger partial charge on any atom is 0.232 e. The Bertz CT molecular complexity index is 548. The van der Waals surface area contributed by atoms with Crippen molar-refractivity contribution in [2.45, 2.75) is 33.7 Å². The summed E-state index contributed by atoms with van der Waals surface area (Å²) in [5.74, 6) is -0.543. The smallest absolute Gasteiger partial charge is 0.232 e. The average Bonchev–Trinajstić information content (AvgIpc) is 2.64. The Balaban J connectivity index is 2.26. The van der Waals surface area contributed by atoms with Crippen LogP contribution in [0.1, 0.15) is 36.6 Å². The second-order valence-corrected chi connectivity index (χ2v) is 6.07. The molecule has 3 atom stereocenters. The van der Waals surface area contributed by atoms with Gasteiger partial charge in [0.05, 0.1) is 6.04 Å². The lowest BCUT2D eigenvalue weighted by atomic mass is 9.98. The molecule has 2 amide bonds. The van der Waals surface area contributed by atoms with Crippen LogP contribution in [0.25, 0.3) is 0 Å². The second-order valence-electron chi connectivity index (χ2n) is 6.07. The van der Waals surface area contributed by atoms with Crippen LogP contribution < -0.4 is 5.32 Å². The number of carbonyl (C=O) groups excluding carboxylic acids is 2. The number of amides is 2. The molecule has 1 saturated heterocycles. The lowest BCUT2D eigenvalue weighted by molar-refractivity contribution is -0.140. The maximum atomic E-state index is 12.2. The Labute approximate surface area is 126 Å². The molecule has 1 aliphatic heterocycles. The fourth-order valence-electron chi connectivity index (χ4n) is 2.87. The summed E-state index contributed by atoms with van der Waals surface area (Å²) in [5, 5.41) is 3.24. The van der Waals surface area contributed by atoms with Gasteiger partial charge in [-0.1, -0.05) is 37.6 Å². The molecule has 1 heterocycles. The van der Waals surface area contributed by atoms with Gasteiger partial charge >= 0.3 is 0 Å². The van der Waals surface area contributed by atoms with Gasteiger partial charge in [0.15, 0.2) is 0 Å². The number of nitrogens with one attached hydrogen (secondary N) is 1. The number of carbonyl (C=O) groups is 2. The van der Waals surface area contributed by atoms with Crippen LogP contribution in [-0.2, 0) is 9.59 Å². The zero-order chi connectivity index (χ0) is 15.7. The summed E-state index contributed by atoms with van der Waals surface area (Å²) < 4.78 is 0. The molecule has 1 aromatic carbocycles. The number of aryl methyl sites for hydroxylation is 2. The van der Waals surface area contributed by atoms with Crippen molar-refractivity contribution < 1.29 is 9.59 Å². The van der Waals surface area contributed by atoms with E-state index in [1.54, 1.807) is 0 Å². The highest BCUT2D eigenvalue weighted by atomic mass is 16.2. The minimum absolute atomic E-state index is 0.0321. The quantitative estimate of drug-likeness (QED) is 0.864. The molecule has 1 aliphatic rings. The summed E-state index contributed by atoms with van der Waals surface area (Å²) in [6.07, 6.45) is 0. The summed E-state index contributed by atoms with van der Waals surface area (Å²) in [4.78, 5) is 25.9. The van der Waals surface area contributed by atoms with E-state index in [-0.39, 0.29) is 29.7 Å². The molecule has 4 heteroatoms. The van der Waals surface area contributed by atoms with Crippen LogP contribution in [0, 0.1) is 25.7 Å². The number of hydrogen-bond acceptors (Lipinski definition) is 3. The highest BCUT2D eigenvalue weighted by molar-refractivity contribution is 6.04. The largest absolute Gasteiger partial charge is 0.312 e. The number of likely N-dealkylation sites (tertiary alicyclic amines) is 1. The third-order valence-corrected chi connectivity index (χ3v) is 4.58. The molecule has 1 aromatic rings. The number of rotatable bonds is 4. The molecule has 114 valence electrons. The molecule has 4 nitrogen and oxygen atoms in total. The molecule has 0 aliphatic carbocycles. The van der Waals surface area contributed by atoms with Gasteiger partial charge in [-0.3, -0.25) is 14.5 Å². The fourth-order valence-corrected chi connectivity index (χ4v) is 2.87. The van der Waals surface area contributed by atoms with Gasteiger partial charge in [0.1, 0.15) is 0 Å². The summed E-state index contributed by atoms with van der Waals surface area (Å²) in [7, 11) is 1.87. The minimum Gasteiger partial charge on any atom is -0.312 e. The highest BCUT2D eigenvalue weighted by Crippen LogP contribution is 2.28. The average molecular weight is 288 g/mol. The predicted molar refractivity (Wildman–Crippen MR) is 82.8 cm³/mol. The van der Waals surface area contributed by atoms with E-state index in [9.17, 15) is 9.59 Å². The van der Waals surface area contributed by atoms with Gasteiger partial charge in [0, 0.05) is 18.4 Å². The molecule has 2 rings (SSSR count). The Morgan fingerprint density at radius 3 is 2.24 bits per heavy atom. The number of hydrogen-bond donors (Lipinski definition) is 1. The summed E-state index contributed by atoms with van der Waals surface area (Å²) in [5.41, 5.74) is 3.49. The molecule has 0 radical (unpaired) electrons. The van der Waals surface area contributed by atoms with E-state index in [0.717, 1.165) is 5.56 Å². The van der Waals surface area contributed by atoms with Crippen molar-refractivity contribution >= 4 is 11.8 Å². The van der Waals surface area contributed by atoms with Crippen LogP contribution >= 0.6 is 0 Å². The third-order valence-electron chi connectivity index (χ3n) is 4.58. The van der Waals surface area contributed by atoms with Gasteiger partial charge in [-0.05, 0) is 32.0 Å². The van der Waals surface area contributed by atoms with Gasteiger partial charge in [-0.25, -0.2) is 0 Å². The number of imide groups is 1. The zero-order valence-corrected chi connectivity index (χ0v) is 13.4. The molecular weight excluding hydrogens is 264 g/mol. The van der Waals surface area contributed by atoms with Crippen LogP contribution in [-0.4, -0.2) is 30.3 Å². The van der Waals surface area contributed by atoms with Crippen molar-refractivity contribution in [3.63, 3.8) is 0 Å². The van der Waals surface area contributed by atoms with Crippen LogP contribution in [0.5, 0.6) is 0 Å². The number of likely N-dealkylation sites (N-methyl/N-ethyl adjacent to an activating group) is 1. The van der Waals surface area contributed by atoms with Crippen LogP contribution in [0.2, 0.25) is 0 Å². The van der Waals surface area contributed by atoms with Crippen LogP contribution in [0.15, 0.2) is 18.2 Å². The van der Waals surface area contributed by atoms with Crippen molar-refractivity contribution in [3.8, 4) is 0 Å². The first-order valence-corrected chi connectivity index (χ1v) is 7.46. The Hall–Kier alpha value is -1.68. The van der Waals surface area contributed by atoms with E-state index in [4.69, 9.17) is 0 Å². The van der Waals surface area contributed by atoms with Gasteiger partial charge in [-0.15, -0.1) is 0 Å². The fraction of sp³-hybridized carbons (Fsp3) is 0.529. The zero-order valence-electron chi connectivity index (χ0n) is 13.4. The van der Waals surface area contributed by atoms with E-state index in [0.29, 0.717) is 6.54 Å². The lowest BCUT2D eigenvalue weighted by Gasteiger charge is -2.24. The molecule has 0 bridgehead atoms. The molecule has 21 heavy (non-hydrogen) atoms. The molecule has 1 N–H and O–H groups in total. The summed E-state index contributed by atoms with van der Waals surface area (Å²) in [6, 6.07) is 6.24. The predicted octanol–water partition coefficient (Wildman–Crippen LogP) is 2.20. The van der Waals surface area contributed by atoms with Gasteiger partial charge < -0.3 is 5.32 Å². The summed E-state index contributed by atoms with van der Waals surface area (Å²) >= 11 is 0. The molecule has 0 spiro atoms. The minimum atomic E-state index is -0.214. The van der Waals surface area contributed by atoms with Gasteiger partial charge in [-0.2, -0.15) is 0 Å². The molecule has 0 saturated carbocycles. The topological polar surface area (TPSA) is 49.4 Å². The third kappa shape index (κ3) is 2.86. The van der Waals surface area contributed by atoms with Crippen molar-refractivity contribution in [3.05, 3.63) is 34.9 Å². The first-order chi connectivity index (χ1) is 9.86. The van der Waals surface area contributed by atoms with Crippen LogP contribution in [0.4, 0.5) is 0 Å². The molecule has 3 unspecified atom stereocenters. The van der Waals surface area contributed by atoms with Crippen molar-refractivity contribution in [1.82, 2.24) is 10.2 Å². The molecule has 1 fully saturated rings. The maximum absolute atomic E-state index is 12.2. The van der Waals surface area contributed by atoms with E-state index >= 15 is 0 Å². The standard InChI is InChI=1S/C17H24N2O2/c1-10-6-7-11(2)14(8-10)15(18-5)9-19-16(20)12(3)13(4)17(19)21/h6-8,12-13,15,18H,9H2,1-5H3. The normalized spacial score (nSPS) is 23.8. The van der Waals surface area contributed by atoms with Gasteiger partial charge in [0.2, 0.25) is 11.8 Å². The van der Waals surface area contributed by atoms with Crippen molar-refractivity contribution in [1.29, 1.82) is 0 Å². The van der Waals surface area contributed by atoms with E-state index in [2.05, 4.69) is 30.4 Å². The van der Waals surface area contributed by atoms with E-state index < -0.39 is 0 Å². The highest BCUT2D eigenvalue weighted by Gasteiger charge is 2.42. The number of nitrogens with zero attached hydrogens (tertiary/aromatic N) is 1. The van der Waals surface area contributed by atoms with Gasteiger partial charge in [0.25, 0.3) is 0 Å². The second kappa shape index (κ2) is 5.98. The van der Waals surface area contributed by atoms with Crippen molar-refractivity contribution in [2.24, 2.45) is 11.8 Å². The summed E-state index contributed by atoms with van der Waals surface area (Å²) in [6.45, 7) is 8.16. The lowest BCUT2D eigenvalue weighted by Crippen LogP contribution is -2.38. The Kier molecular flexibility index (Phi) is 4.47. The van der Waals surface area contributed by atoms with E-state index in [1.807, 2.05) is 27.8 Å². The first kappa shape index (κ1) is 15.7.